The summed E-state index contributed by atoms with van der Waals surface area (Å²) >= 11 is 0. The summed E-state index contributed by atoms with van der Waals surface area (Å²) in [7, 11) is 1.74. The molecule has 168 valence electrons. The Kier molecular flexibility index (Phi) is 4.68. The first-order valence-corrected chi connectivity index (χ1v) is 11.9. The summed E-state index contributed by atoms with van der Waals surface area (Å²) in [4.78, 5) is 2.36. The van der Waals surface area contributed by atoms with Crippen LogP contribution in [0.5, 0.6) is 5.75 Å². The van der Waals surface area contributed by atoms with Crippen molar-refractivity contribution in [2.45, 2.75) is 69.2 Å². The summed E-state index contributed by atoms with van der Waals surface area (Å²) in [6, 6.07) is 11.5. The monoisotopic (exact) mass is 434 g/mol. The molecular formula is C26H31FN4O. The molecule has 2 atom stereocenters. The maximum absolute atomic E-state index is 15.1. The molecule has 1 aromatic heterocycles. The van der Waals surface area contributed by atoms with E-state index in [2.05, 4.69) is 57.7 Å². The molecule has 0 amide bonds. The lowest BCUT2D eigenvalue weighted by molar-refractivity contribution is 0.0974. The van der Waals surface area contributed by atoms with Gasteiger partial charge in [0.25, 0.3) is 0 Å². The zero-order valence-electron chi connectivity index (χ0n) is 18.8. The number of H-pyrrole nitrogens is 1. The van der Waals surface area contributed by atoms with Crippen LogP contribution in [0.3, 0.4) is 0 Å². The number of hydrogen-bond donors (Lipinski definition) is 2. The van der Waals surface area contributed by atoms with E-state index in [0.717, 1.165) is 28.9 Å². The van der Waals surface area contributed by atoms with Crippen molar-refractivity contribution >= 4 is 16.6 Å². The molecule has 0 saturated heterocycles. The molecule has 2 aromatic carbocycles. The Morgan fingerprint density at radius 1 is 1.22 bits per heavy atom. The van der Waals surface area contributed by atoms with E-state index in [9.17, 15) is 0 Å². The average molecular weight is 435 g/mol. The summed E-state index contributed by atoms with van der Waals surface area (Å²) in [6.07, 6.45) is 7.90. The van der Waals surface area contributed by atoms with Crippen molar-refractivity contribution in [1.82, 2.24) is 15.1 Å². The standard InChI is InChI=1S/C26H31FN4O/c1-16-12-21-19(8-9-23-22(21)14-28-30-23)25(31(16)15-26(27)10-11-26)20-7-6-18(13-24(20)32-2)29-17-4-3-5-17/h6-9,13-14,16-17,25,29H,3-5,10-12,15H2,1-2H3,(H,28,30)/t16-,25+/m1/s1. The molecule has 6 rings (SSSR count). The summed E-state index contributed by atoms with van der Waals surface area (Å²) < 4.78 is 21.0. The summed E-state index contributed by atoms with van der Waals surface area (Å²) in [5, 5.41) is 12.2. The second kappa shape index (κ2) is 7.48. The van der Waals surface area contributed by atoms with Gasteiger partial charge in [-0.15, -0.1) is 0 Å². The number of hydrogen-bond acceptors (Lipinski definition) is 4. The van der Waals surface area contributed by atoms with E-state index in [1.54, 1.807) is 7.11 Å². The van der Waals surface area contributed by atoms with Crippen LogP contribution in [-0.4, -0.2) is 46.5 Å². The quantitative estimate of drug-likeness (QED) is 0.547. The molecule has 2 fully saturated rings. The largest absolute Gasteiger partial charge is 0.496 e. The third-order valence-electron chi connectivity index (χ3n) is 7.73. The zero-order chi connectivity index (χ0) is 21.9. The number of anilines is 1. The van der Waals surface area contributed by atoms with Crippen molar-refractivity contribution in [2.75, 3.05) is 19.0 Å². The Morgan fingerprint density at radius 2 is 2.03 bits per heavy atom. The van der Waals surface area contributed by atoms with Gasteiger partial charge in [-0.2, -0.15) is 5.10 Å². The lowest BCUT2D eigenvalue weighted by Gasteiger charge is -2.43. The van der Waals surface area contributed by atoms with E-state index in [4.69, 9.17) is 4.74 Å². The van der Waals surface area contributed by atoms with Gasteiger partial charge in [-0.05, 0) is 68.7 Å². The lowest BCUT2D eigenvalue weighted by atomic mass is 9.83. The van der Waals surface area contributed by atoms with Crippen LogP contribution in [0.15, 0.2) is 36.5 Å². The van der Waals surface area contributed by atoms with Crippen molar-refractivity contribution in [3.63, 3.8) is 0 Å². The molecule has 1 aliphatic heterocycles. The van der Waals surface area contributed by atoms with Gasteiger partial charge in [-0.3, -0.25) is 10.00 Å². The normalized spacial score (nSPS) is 24.7. The van der Waals surface area contributed by atoms with E-state index in [1.807, 2.05) is 6.20 Å². The Balaban J connectivity index is 1.46. The first kappa shape index (κ1) is 20.0. The highest BCUT2D eigenvalue weighted by atomic mass is 19.1. The molecular weight excluding hydrogens is 403 g/mol. The molecule has 6 heteroatoms. The number of aromatic amines is 1. The highest BCUT2D eigenvalue weighted by molar-refractivity contribution is 5.83. The van der Waals surface area contributed by atoms with Crippen molar-refractivity contribution in [1.29, 1.82) is 0 Å². The Morgan fingerprint density at radius 3 is 2.75 bits per heavy atom. The number of nitrogens with one attached hydrogen (secondary N) is 2. The summed E-state index contributed by atoms with van der Waals surface area (Å²) in [5.74, 6) is 0.861. The summed E-state index contributed by atoms with van der Waals surface area (Å²) in [5.41, 5.74) is 4.75. The van der Waals surface area contributed by atoms with E-state index in [1.165, 1.54) is 35.8 Å². The smallest absolute Gasteiger partial charge is 0.126 e. The number of alkyl halides is 1. The summed E-state index contributed by atoms with van der Waals surface area (Å²) in [6.45, 7) is 2.69. The Labute approximate surface area is 188 Å². The number of methoxy groups -OCH3 is 1. The van der Waals surface area contributed by atoms with Crippen LogP contribution in [-0.2, 0) is 6.42 Å². The van der Waals surface area contributed by atoms with Gasteiger partial charge in [-0.25, -0.2) is 4.39 Å². The van der Waals surface area contributed by atoms with Gasteiger partial charge >= 0.3 is 0 Å². The average Bonchev–Trinajstić information content (AvgIpc) is 3.29. The highest BCUT2D eigenvalue weighted by Crippen LogP contribution is 2.48. The van der Waals surface area contributed by atoms with Crippen LogP contribution in [0, 0.1) is 0 Å². The molecule has 2 heterocycles. The second-order valence-corrected chi connectivity index (χ2v) is 9.97. The molecule has 3 aromatic rings. The highest BCUT2D eigenvalue weighted by Gasteiger charge is 2.48. The van der Waals surface area contributed by atoms with Gasteiger partial charge in [0, 0.05) is 41.3 Å². The van der Waals surface area contributed by atoms with Crippen LogP contribution in [0.1, 0.15) is 61.8 Å². The Hall–Kier alpha value is -2.60. The van der Waals surface area contributed by atoms with E-state index < -0.39 is 5.67 Å². The molecule has 2 saturated carbocycles. The van der Waals surface area contributed by atoms with Crippen molar-refractivity contribution in [3.05, 3.63) is 53.2 Å². The van der Waals surface area contributed by atoms with Crippen LogP contribution >= 0.6 is 0 Å². The number of nitrogens with zero attached hydrogens (tertiary/aromatic N) is 2. The minimum absolute atomic E-state index is 0.0472. The number of aromatic nitrogens is 2. The Bertz CT molecular complexity index is 1150. The first-order valence-electron chi connectivity index (χ1n) is 11.9. The number of rotatable bonds is 6. The third-order valence-corrected chi connectivity index (χ3v) is 7.73. The van der Waals surface area contributed by atoms with E-state index >= 15 is 4.39 Å². The molecule has 5 nitrogen and oxygen atoms in total. The number of fused-ring (bicyclic) bond motifs is 3. The fourth-order valence-electron chi connectivity index (χ4n) is 5.45. The van der Waals surface area contributed by atoms with Gasteiger partial charge in [0.1, 0.15) is 11.4 Å². The van der Waals surface area contributed by atoms with E-state index in [0.29, 0.717) is 25.4 Å². The van der Waals surface area contributed by atoms with Gasteiger partial charge in [0.05, 0.1) is 24.9 Å². The SMILES string of the molecule is COc1cc(NC2CCC2)ccc1[C@@H]1c2ccc3[nH]ncc3c2C[C@@H](C)N1CC1(F)CC1. The molecule has 2 N–H and O–H groups in total. The molecule has 0 bridgehead atoms. The predicted molar refractivity (Wildman–Crippen MR) is 125 cm³/mol. The fraction of sp³-hybridized carbons (Fsp3) is 0.500. The van der Waals surface area contributed by atoms with Crippen LogP contribution in [0.25, 0.3) is 10.9 Å². The minimum atomic E-state index is -1.05. The van der Waals surface area contributed by atoms with Crippen LogP contribution in [0.4, 0.5) is 10.1 Å². The number of halogens is 1. The molecule has 32 heavy (non-hydrogen) atoms. The maximum atomic E-state index is 15.1. The minimum Gasteiger partial charge on any atom is -0.496 e. The van der Waals surface area contributed by atoms with Crippen LogP contribution in [0.2, 0.25) is 0 Å². The van der Waals surface area contributed by atoms with Crippen molar-refractivity contribution < 1.29 is 9.13 Å². The second-order valence-electron chi connectivity index (χ2n) is 9.97. The fourth-order valence-corrected chi connectivity index (χ4v) is 5.45. The maximum Gasteiger partial charge on any atom is 0.126 e. The number of benzene rings is 2. The van der Waals surface area contributed by atoms with Gasteiger partial charge in [0.2, 0.25) is 0 Å². The van der Waals surface area contributed by atoms with Crippen molar-refractivity contribution in [3.8, 4) is 5.75 Å². The molecule has 3 aliphatic rings. The topological polar surface area (TPSA) is 53.2 Å². The molecule has 0 radical (unpaired) electrons. The first-order chi connectivity index (χ1) is 15.5. The van der Waals surface area contributed by atoms with Gasteiger partial charge < -0.3 is 10.1 Å². The third kappa shape index (κ3) is 3.36. The van der Waals surface area contributed by atoms with Gasteiger partial charge in [0.15, 0.2) is 0 Å². The number of ether oxygens (including phenoxy) is 1. The predicted octanol–water partition coefficient (Wildman–Crippen LogP) is 5.37. The zero-order valence-corrected chi connectivity index (χ0v) is 18.8. The van der Waals surface area contributed by atoms with Crippen molar-refractivity contribution in [2.24, 2.45) is 0 Å². The molecule has 2 aliphatic carbocycles. The van der Waals surface area contributed by atoms with Crippen LogP contribution < -0.4 is 10.1 Å². The lowest BCUT2D eigenvalue weighted by Crippen LogP contribution is -2.46. The van der Waals surface area contributed by atoms with Gasteiger partial charge in [-0.1, -0.05) is 12.1 Å². The molecule has 0 spiro atoms. The molecule has 0 unspecified atom stereocenters. The van der Waals surface area contributed by atoms with E-state index in [-0.39, 0.29) is 12.1 Å².